The van der Waals surface area contributed by atoms with Gasteiger partial charge in [0.2, 0.25) is 0 Å². The zero-order valence-electron chi connectivity index (χ0n) is 11.7. The van der Waals surface area contributed by atoms with Gasteiger partial charge in [-0.25, -0.2) is 4.39 Å². The van der Waals surface area contributed by atoms with Crippen molar-refractivity contribution in [3.8, 4) is 12.3 Å². The van der Waals surface area contributed by atoms with Crippen LogP contribution in [0, 0.1) is 18.2 Å². The molecule has 0 amide bonds. The first-order chi connectivity index (χ1) is 9.71. The van der Waals surface area contributed by atoms with Gasteiger partial charge in [-0.3, -0.25) is 4.90 Å². The lowest BCUT2D eigenvalue weighted by atomic mass is 10.1. The minimum atomic E-state index is -0.175. The zero-order valence-corrected chi connectivity index (χ0v) is 12.5. The van der Waals surface area contributed by atoms with Gasteiger partial charge < -0.3 is 5.73 Å². The second-order valence-corrected chi connectivity index (χ2v) is 5.87. The molecular weight excluding hydrogens is 271 g/mol. The van der Waals surface area contributed by atoms with Crippen molar-refractivity contribution in [2.24, 2.45) is 5.73 Å². The molecule has 0 aliphatic rings. The Labute approximate surface area is 123 Å². The fourth-order valence-corrected chi connectivity index (χ4v) is 3.54. The van der Waals surface area contributed by atoms with Crippen molar-refractivity contribution < 1.29 is 4.39 Å². The molecule has 106 valence electrons. The van der Waals surface area contributed by atoms with Gasteiger partial charge in [0.1, 0.15) is 5.82 Å². The molecular formula is C16H19FN2S. The molecule has 2 N–H and O–H groups in total. The van der Waals surface area contributed by atoms with E-state index in [1.165, 1.54) is 6.07 Å². The van der Waals surface area contributed by atoms with Crippen molar-refractivity contribution in [1.82, 2.24) is 4.90 Å². The van der Waals surface area contributed by atoms with Crippen LogP contribution in [0.1, 0.15) is 23.8 Å². The molecule has 20 heavy (non-hydrogen) atoms. The summed E-state index contributed by atoms with van der Waals surface area (Å²) in [6.07, 6.45) is 6.43. The van der Waals surface area contributed by atoms with Gasteiger partial charge in [0.15, 0.2) is 0 Å². The molecule has 1 aromatic carbocycles. The lowest BCUT2D eigenvalue weighted by Gasteiger charge is -2.19. The minimum absolute atomic E-state index is 0.175. The molecule has 0 bridgehead atoms. The van der Waals surface area contributed by atoms with Gasteiger partial charge in [-0.1, -0.05) is 18.9 Å². The van der Waals surface area contributed by atoms with Gasteiger partial charge in [0.05, 0.1) is 6.54 Å². The van der Waals surface area contributed by atoms with E-state index in [-0.39, 0.29) is 5.82 Å². The van der Waals surface area contributed by atoms with Crippen molar-refractivity contribution in [1.29, 1.82) is 0 Å². The first-order valence-electron chi connectivity index (χ1n) is 6.75. The smallest absolute Gasteiger partial charge is 0.132 e. The van der Waals surface area contributed by atoms with E-state index >= 15 is 0 Å². The highest BCUT2D eigenvalue weighted by Crippen LogP contribution is 2.33. The molecule has 2 rings (SSSR count). The number of terminal acetylenes is 1. The van der Waals surface area contributed by atoms with Crippen molar-refractivity contribution in [3.05, 3.63) is 34.5 Å². The second kappa shape index (κ2) is 6.85. The summed E-state index contributed by atoms with van der Waals surface area (Å²) >= 11 is 1.57. The standard InChI is InChI=1S/C16H19FN2S/c1-3-8-19(9-4-2)11-12-15(10-18)20-14-7-5-6-13(17)16(12)14/h1,5-7H,4,8-11,18H2,2H3. The van der Waals surface area contributed by atoms with E-state index < -0.39 is 0 Å². The quantitative estimate of drug-likeness (QED) is 0.827. The van der Waals surface area contributed by atoms with Crippen molar-refractivity contribution >= 4 is 21.4 Å². The van der Waals surface area contributed by atoms with Crippen molar-refractivity contribution in [3.63, 3.8) is 0 Å². The molecule has 4 heteroatoms. The molecule has 0 aliphatic carbocycles. The molecule has 2 nitrogen and oxygen atoms in total. The van der Waals surface area contributed by atoms with Gasteiger partial charge in [0.25, 0.3) is 0 Å². The maximum atomic E-state index is 14.1. The Morgan fingerprint density at radius 1 is 1.45 bits per heavy atom. The Balaban J connectivity index is 2.43. The number of hydrogen-bond donors (Lipinski definition) is 1. The maximum Gasteiger partial charge on any atom is 0.132 e. The van der Waals surface area contributed by atoms with E-state index in [1.807, 2.05) is 6.07 Å². The van der Waals surface area contributed by atoms with E-state index in [2.05, 4.69) is 17.7 Å². The maximum absolute atomic E-state index is 14.1. The highest BCUT2D eigenvalue weighted by molar-refractivity contribution is 7.19. The van der Waals surface area contributed by atoms with Crippen LogP contribution in [-0.4, -0.2) is 18.0 Å². The van der Waals surface area contributed by atoms with Crippen LogP contribution in [0.25, 0.3) is 10.1 Å². The third kappa shape index (κ3) is 3.01. The van der Waals surface area contributed by atoms with E-state index in [0.29, 0.717) is 25.0 Å². The second-order valence-electron chi connectivity index (χ2n) is 4.74. The summed E-state index contributed by atoms with van der Waals surface area (Å²) in [5, 5.41) is 0.705. The number of nitrogens with zero attached hydrogens (tertiary/aromatic N) is 1. The Kier molecular flexibility index (Phi) is 5.13. The van der Waals surface area contributed by atoms with Crippen LogP contribution in [0.3, 0.4) is 0 Å². The van der Waals surface area contributed by atoms with Gasteiger partial charge >= 0.3 is 0 Å². The number of fused-ring (bicyclic) bond motifs is 1. The third-order valence-corrected chi connectivity index (χ3v) is 4.49. The third-order valence-electron chi connectivity index (χ3n) is 3.27. The number of hydrogen-bond acceptors (Lipinski definition) is 3. The summed E-state index contributed by atoms with van der Waals surface area (Å²) in [5.41, 5.74) is 6.81. The zero-order chi connectivity index (χ0) is 14.5. The fourth-order valence-electron chi connectivity index (χ4n) is 2.43. The Morgan fingerprint density at radius 2 is 2.25 bits per heavy atom. The van der Waals surface area contributed by atoms with Crippen molar-refractivity contribution in [2.75, 3.05) is 13.1 Å². The molecule has 0 fully saturated rings. The van der Waals surface area contributed by atoms with E-state index in [9.17, 15) is 4.39 Å². The largest absolute Gasteiger partial charge is 0.326 e. The van der Waals surface area contributed by atoms with Gasteiger partial charge in [-0.05, 0) is 30.7 Å². The highest BCUT2D eigenvalue weighted by atomic mass is 32.1. The SMILES string of the molecule is C#CCN(CCC)Cc1c(CN)sc2cccc(F)c12. The lowest BCUT2D eigenvalue weighted by Crippen LogP contribution is -2.25. The molecule has 1 aromatic heterocycles. The highest BCUT2D eigenvalue weighted by Gasteiger charge is 2.16. The topological polar surface area (TPSA) is 29.3 Å². The Bertz CT molecular complexity index is 627. The summed E-state index contributed by atoms with van der Waals surface area (Å²) in [5.74, 6) is 2.49. The summed E-state index contributed by atoms with van der Waals surface area (Å²) in [4.78, 5) is 3.20. The Morgan fingerprint density at radius 3 is 2.90 bits per heavy atom. The van der Waals surface area contributed by atoms with Crippen LogP contribution in [0.2, 0.25) is 0 Å². The van der Waals surface area contributed by atoms with E-state index in [0.717, 1.165) is 28.1 Å². The van der Waals surface area contributed by atoms with Crippen LogP contribution >= 0.6 is 11.3 Å². The summed E-state index contributed by atoms with van der Waals surface area (Å²) in [6, 6.07) is 5.19. The van der Waals surface area contributed by atoms with E-state index in [4.69, 9.17) is 12.2 Å². The van der Waals surface area contributed by atoms with Crippen LogP contribution in [0.5, 0.6) is 0 Å². The predicted molar refractivity (Wildman–Crippen MR) is 84.1 cm³/mol. The molecule has 0 atom stereocenters. The summed E-state index contributed by atoms with van der Waals surface area (Å²) in [7, 11) is 0. The van der Waals surface area contributed by atoms with Gasteiger partial charge in [0, 0.05) is 28.1 Å². The van der Waals surface area contributed by atoms with Gasteiger partial charge in [-0.15, -0.1) is 17.8 Å². The molecule has 0 unspecified atom stereocenters. The average molecular weight is 290 g/mol. The number of benzene rings is 1. The predicted octanol–water partition coefficient (Wildman–Crippen LogP) is 3.34. The Hall–Kier alpha value is -1.41. The average Bonchev–Trinajstić information content (AvgIpc) is 2.79. The van der Waals surface area contributed by atoms with Crippen LogP contribution < -0.4 is 5.73 Å². The number of thiophene rings is 1. The van der Waals surface area contributed by atoms with Crippen LogP contribution in [-0.2, 0) is 13.1 Å². The molecule has 0 saturated carbocycles. The fraction of sp³-hybridized carbons (Fsp3) is 0.375. The molecule has 0 saturated heterocycles. The number of rotatable bonds is 6. The molecule has 0 spiro atoms. The molecule has 0 aliphatic heterocycles. The first kappa shape index (κ1) is 15.0. The molecule has 0 radical (unpaired) electrons. The summed E-state index contributed by atoms with van der Waals surface area (Å²) in [6.45, 7) is 4.68. The van der Waals surface area contributed by atoms with Crippen molar-refractivity contribution in [2.45, 2.75) is 26.4 Å². The lowest BCUT2D eigenvalue weighted by molar-refractivity contribution is 0.300. The van der Waals surface area contributed by atoms with Crippen LogP contribution in [0.4, 0.5) is 4.39 Å². The first-order valence-corrected chi connectivity index (χ1v) is 7.57. The summed E-state index contributed by atoms with van der Waals surface area (Å²) < 4.78 is 15.1. The monoisotopic (exact) mass is 290 g/mol. The normalized spacial score (nSPS) is 11.2. The number of nitrogens with two attached hydrogens (primary N) is 1. The minimum Gasteiger partial charge on any atom is -0.326 e. The molecule has 2 aromatic rings. The van der Waals surface area contributed by atoms with Crippen LogP contribution in [0.15, 0.2) is 18.2 Å². The van der Waals surface area contributed by atoms with Gasteiger partial charge in [-0.2, -0.15) is 0 Å². The number of halogens is 1. The molecule has 1 heterocycles. The van der Waals surface area contributed by atoms with E-state index in [1.54, 1.807) is 17.4 Å².